The summed E-state index contributed by atoms with van der Waals surface area (Å²) in [5.41, 5.74) is 2.59. The van der Waals surface area contributed by atoms with Gasteiger partial charge in [-0.1, -0.05) is 46.3 Å². The van der Waals surface area contributed by atoms with Gasteiger partial charge in [-0.3, -0.25) is 9.10 Å². The number of piperidine rings is 1. The van der Waals surface area contributed by atoms with Crippen LogP contribution in [0.5, 0.6) is 0 Å². The predicted octanol–water partition coefficient (Wildman–Crippen LogP) is 4.95. The summed E-state index contributed by atoms with van der Waals surface area (Å²) in [6.45, 7) is 2.18. The Labute approximate surface area is 209 Å². The fraction of sp³-hybridized carbons (Fsp3) is 0.269. The molecule has 0 saturated carbocycles. The Kier molecular flexibility index (Phi) is 7.90. The molecule has 178 valence electrons. The number of hydrogen-bond donors (Lipinski definition) is 1. The summed E-state index contributed by atoms with van der Waals surface area (Å²) in [4.78, 5) is 15.3. The molecule has 1 aliphatic heterocycles. The molecular formula is C26H28BrN3O3S. The second-order valence-electron chi connectivity index (χ2n) is 8.29. The standard InChI is InChI=1S/C26H28BrN3O3S/c27-22-11-15-24(16-12-22)30(34(32,33)25-7-3-1-4-8-25)20-26(31)28-19-21-9-13-23(14-10-21)29-17-5-2-6-18-29/h1,3-4,7-16H,2,5-6,17-20H2,(H,28,31). The molecule has 1 heterocycles. The third-order valence-corrected chi connectivity index (χ3v) is 8.20. The Bertz CT molecular complexity index is 1190. The lowest BCUT2D eigenvalue weighted by Crippen LogP contribution is -2.40. The molecule has 3 aromatic carbocycles. The van der Waals surface area contributed by atoms with Crippen molar-refractivity contribution in [1.82, 2.24) is 5.32 Å². The molecule has 34 heavy (non-hydrogen) atoms. The van der Waals surface area contributed by atoms with Crippen molar-refractivity contribution < 1.29 is 13.2 Å². The van der Waals surface area contributed by atoms with Crippen LogP contribution < -0.4 is 14.5 Å². The second-order valence-corrected chi connectivity index (χ2v) is 11.1. The first-order valence-electron chi connectivity index (χ1n) is 11.4. The molecule has 6 nitrogen and oxygen atoms in total. The van der Waals surface area contributed by atoms with Crippen LogP contribution >= 0.6 is 15.9 Å². The highest BCUT2D eigenvalue weighted by atomic mass is 79.9. The number of anilines is 2. The summed E-state index contributed by atoms with van der Waals surface area (Å²) in [6.07, 6.45) is 3.73. The average Bonchev–Trinajstić information content (AvgIpc) is 2.88. The summed E-state index contributed by atoms with van der Waals surface area (Å²) >= 11 is 3.37. The fourth-order valence-corrected chi connectivity index (χ4v) is 5.71. The van der Waals surface area contributed by atoms with Crippen molar-refractivity contribution in [1.29, 1.82) is 0 Å². The van der Waals surface area contributed by atoms with Crippen LogP contribution in [-0.4, -0.2) is 34.0 Å². The summed E-state index contributed by atoms with van der Waals surface area (Å²) in [6, 6.07) is 23.2. The van der Waals surface area contributed by atoms with Crippen LogP contribution in [0.2, 0.25) is 0 Å². The maximum Gasteiger partial charge on any atom is 0.264 e. The minimum absolute atomic E-state index is 0.138. The van der Waals surface area contributed by atoms with E-state index in [-0.39, 0.29) is 17.3 Å². The van der Waals surface area contributed by atoms with E-state index in [1.165, 1.54) is 37.1 Å². The van der Waals surface area contributed by atoms with Crippen LogP contribution in [-0.2, 0) is 21.4 Å². The molecule has 0 unspecified atom stereocenters. The van der Waals surface area contributed by atoms with Crippen molar-refractivity contribution in [2.45, 2.75) is 30.7 Å². The minimum Gasteiger partial charge on any atom is -0.372 e. The molecule has 4 rings (SSSR count). The van der Waals surface area contributed by atoms with Crippen molar-refractivity contribution in [3.05, 3.63) is 88.9 Å². The van der Waals surface area contributed by atoms with Gasteiger partial charge in [0.05, 0.1) is 10.6 Å². The van der Waals surface area contributed by atoms with E-state index in [4.69, 9.17) is 0 Å². The molecule has 0 aromatic heterocycles. The van der Waals surface area contributed by atoms with Gasteiger partial charge in [-0.25, -0.2) is 8.42 Å². The maximum atomic E-state index is 13.3. The molecule has 0 bridgehead atoms. The van der Waals surface area contributed by atoms with Gasteiger partial charge < -0.3 is 10.2 Å². The molecule has 1 aliphatic rings. The van der Waals surface area contributed by atoms with E-state index < -0.39 is 10.0 Å². The number of carbonyl (C=O) groups excluding carboxylic acids is 1. The highest BCUT2D eigenvalue weighted by Crippen LogP contribution is 2.25. The Hall–Kier alpha value is -2.84. The Morgan fingerprint density at radius 3 is 2.18 bits per heavy atom. The van der Waals surface area contributed by atoms with Gasteiger partial charge in [-0.2, -0.15) is 0 Å². The lowest BCUT2D eigenvalue weighted by Gasteiger charge is -2.28. The molecule has 0 radical (unpaired) electrons. The van der Waals surface area contributed by atoms with Gasteiger partial charge in [-0.15, -0.1) is 0 Å². The summed E-state index contributed by atoms with van der Waals surface area (Å²) in [7, 11) is -3.91. The van der Waals surface area contributed by atoms with Crippen molar-refractivity contribution in [3.63, 3.8) is 0 Å². The van der Waals surface area contributed by atoms with E-state index in [0.29, 0.717) is 12.2 Å². The zero-order valence-corrected chi connectivity index (χ0v) is 21.3. The van der Waals surface area contributed by atoms with Gasteiger partial charge in [0.15, 0.2) is 0 Å². The van der Waals surface area contributed by atoms with Gasteiger partial charge in [-0.05, 0) is 73.4 Å². The number of sulfonamides is 1. The van der Waals surface area contributed by atoms with Crippen LogP contribution in [0, 0.1) is 0 Å². The van der Waals surface area contributed by atoms with Gasteiger partial charge in [0, 0.05) is 29.8 Å². The van der Waals surface area contributed by atoms with Gasteiger partial charge in [0.25, 0.3) is 10.0 Å². The number of nitrogens with zero attached hydrogens (tertiary/aromatic N) is 2. The number of benzene rings is 3. The number of rotatable bonds is 8. The number of amides is 1. The monoisotopic (exact) mass is 541 g/mol. The largest absolute Gasteiger partial charge is 0.372 e. The van der Waals surface area contributed by atoms with Crippen molar-refractivity contribution >= 4 is 43.2 Å². The molecule has 1 amide bonds. The van der Waals surface area contributed by atoms with Gasteiger partial charge in [0.2, 0.25) is 5.91 Å². The Morgan fingerprint density at radius 1 is 0.882 bits per heavy atom. The van der Waals surface area contributed by atoms with Crippen LogP contribution in [0.4, 0.5) is 11.4 Å². The van der Waals surface area contributed by atoms with E-state index in [0.717, 1.165) is 27.4 Å². The summed E-state index contributed by atoms with van der Waals surface area (Å²) in [5.74, 6) is -0.373. The van der Waals surface area contributed by atoms with Gasteiger partial charge >= 0.3 is 0 Å². The van der Waals surface area contributed by atoms with Crippen molar-refractivity contribution in [3.8, 4) is 0 Å². The fourth-order valence-electron chi connectivity index (χ4n) is 4.01. The highest BCUT2D eigenvalue weighted by molar-refractivity contribution is 9.10. The smallest absolute Gasteiger partial charge is 0.264 e. The molecule has 0 atom stereocenters. The van der Waals surface area contributed by atoms with Gasteiger partial charge in [0.1, 0.15) is 6.54 Å². The van der Waals surface area contributed by atoms with E-state index in [9.17, 15) is 13.2 Å². The van der Waals surface area contributed by atoms with Crippen LogP contribution in [0.25, 0.3) is 0 Å². The first-order chi connectivity index (χ1) is 16.4. The molecular weight excluding hydrogens is 514 g/mol. The van der Waals surface area contributed by atoms with E-state index >= 15 is 0 Å². The summed E-state index contributed by atoms with van der Waals surface area (Å²) in [5, 5.41) is 2.87. The van der Waals surface area contributed by atoms with E-state index in [2.05, 4.69) is 38.3 Å². The number of halogens is 1. The normalized spacial score (nSPS) is 14.0. The SMILES string of the molecule is O=C(CN(c1ccc(Br)cc1)S(=O)(=O)c1ccccc1)NCc1ccc(N2CCCCC2)cc1. The zero-order chi connectivity index (χ0) is 24.0. The van der Waals surface area contributed by atoms with E-state index in [1.807, 2.05) is 12.1 Å². The molecule has 8 heteroatoms. The summed E-state index contributed by atoms with van der Waals surface area (Å²) < 4.78 is 28.7. The topological polar surface area (TPSA) is 69.7 Å². The number of carbonyl (C=O) groups is 1. The van der Waals surface area contributed by atoms with E-state index in [1.54, 1.807) is 42.5 Å². The Balaban J connectivity index is 1.45. The molecule has 1 fully saturated rings. The highest BCUT2D eigenvalue weighted by Gasteiger charge is 2.27. The molecule has 0 aliphatic carbocycles. The first kappa shape index (κ1) is 24.3. The third-order valence-electron chi connectivity index (χ3n) is 5.88. The van der Waals surface area contributed by atoms with Crippen LogP contribution in [0.15, 0.2) is 88.2 Å². The lowest BCUT2D eigenvalue weighted by atomic mass is 10.1. The molecule has 1 saturated heterocycles. The second kappa shape index (κ2) is 11.1. The number of nitrogens with one attached hydrogen (secondary N) is 1. The lowest BCUT2D eigenvalue weighted by molar-refractivity contribution is -0.119. The quantitative estimate of drug-likeness (QED) is 0.438. The predicted molar refractivity (Wildman–Crippen MR) is 139 cm³/mol. The molecule has 3 aromatic rings. The molecule has 1 N–H and O–H groups in total. The first-order valence-corrected chi connectivity index (χ1v) is 13.6. The average molecular weight is 542 g/mol. The van der Waals surface area contributed by atoms with Crippen molar-refractivity contribution in [2.75, 3.05) is 28.8 Å². The minimum atomic E-state index is -3.91. The Morgan fingerprint density at radius 2 is 1.53 bits per heavy atom. The van der Waals surface area contributed by atoms with Crippen molar-refractivity contribution in [2.24, 2.45) is 0 Å². The maximum absolute atomic E-state index is 13.3. The van der Waals surface area contributed by atoms with Crippen LogP contribution in [0.3, 0.4) is 0 Å². The molecule has 0 spiro atoms. The zero-order valence-electron chi connectivity index (χ0n) is 18.9. The third kappa shape index (κ3) is 5.98. The van der Waals surface area contributed by atoms with Crippen LogP contribution in [0.1, 0.15) is 24.8 Å². The number of hydrogen-bond acceptors (Lipinski definition) is 4.